The molecule has 0 aromatic carbocycles. The minimum Gasteiger partial charge on any atom is -0.243 e. The van der Waals surface area contributed by atoms with E-state index in [1.165, 1.54) is 12.4 Å². The largest absolute Gasteiger partial charge is 0.373 e. The predicted molar refractivity (Wildman–Crippen MR) is 74.9 cm³/mol. The Morgan fingerprint density at radius 2 is 1.80 bits per heavy atom. The van der Waals surface area contributed by atoms with E-state index in [0.29, 0.717) is 4.68 Å². The third-order valence-electron chi connectivity index (χ3n) is 2.07. The number of carbonyl (C=O) groups excluding carboxylic acids is 1. The van der Waals surface area contributed by atoms with E-state index >= 15 is 0 Å². The third kappa shape index (κ3) is 2.70. The van der Waals surface area contributed by atoms with Crippen LogP contribution in [-0.4, -0.2) is 39.8 Å². The Labute approximate surface area is 141 Å². The summed E-state index contributed by atoms with van der Waals surface area (Å²) in [4.78, 5) is 12.0. The standard InChI is InChI=1S/C7H2Cl6N6O/c8-4-3(6(9,10)7(11,12)13)15-17-19(4)5(20)18-2-1-14-16-18/h1-2H. The van der Waals surface area contributed by atoms with Gasteiger partial charge in [0.2, 0.25) is 8.13 Å². The van der Waals surface area contributed by atoms with Gasteiger partial charge in [0.05, 0.1) is 12.4 Å². The molecule has 0 bridgehead atoms. The summed E-state index contributed by atoms with van der Waals surface area (Å²) < 4.78 is -2.70. The van der Waals surface area contributed by atoms with Crippen LogP contribution in [0.4, 0.5) is 4.79 Å². The van der Waals surface area contributed by atoms with Crippen molar-refractivity contribution in [3.63, 3.8) is 0 Å². The first-order valence-corrected chi connectivity index (χ1v) is 6.90. The predicted octanol–water partition coefficient (Wildman–Crippen LogP) is 3.04. The summed E-state index contributed by atoms with van der Waals surface area (Å²) in [6.07, 6.45) is 2.57. The number of hydrogen-bond acceptors (Lipinski definition) is 5. The van der Waals surface area contributed by atoms with Gasteiger partial charge in [-0.05, 0) is 0 Å². The monoisotopic (exact) mass is 396 g/mol. The van der Waals surface area contributed by atoms with E-state index in [0.717, 1.165) is 4.68 Å². The minimum atomic E-state index is -2.14. The molecule has 2 heterocycles. The fourth-order valence-corrected chi connectivity index (χ4v) is 2.03. The van der Waals surface area contributed by atoms with Crippen molar-refractivity contribution < 1.29 is 4.79 Å². The second-order valence-electron chi connectivity index (χ2n) is 3.34. The average Bonchev–Trinajstić information content (AvgIpc) is 2.95. The summed E-state index contributed by atoms with van der Waals surface area (Å²) in [5.74, 6) is 0. The molecule has 0 spiro atoms. The molecular formula is C7H2Cl6N6O. The first-order chi connectivity index (χ1) is 9.16. The van der Waals surface area contributed by atoms with Gasteiger partial charge < -0.3 is 0 Å². The lowest BCUT2D eigenvalue weighted by Crippen LogP contribution is -2.29. The van der Waals surface area contributed by atoms with Gasteiger partial charge in [0.25, 0.3) is 0 Å². The Bertz CT molecular complexity index is 631. The van der Waals surface area contributed by atoms with Crippen molar-refractivity contribution in [1.82, 2.24) is 30.0 Å². The zero-order chi connectivity index (χ0) is 15.1. The van der Waals surface area contributed by atoms with Crippen LogP contribution in [0.1, 0.15) is 5.69 Å². The fourth-order valence-electron chi connectivity index (χ4n) is 1.13. The quantitative estimate of drug-likeness (QED) is 0.690. The van der Waals surface area contributed by atoms with Crippen molar-refractivity contribution in [3.8, 4) is 0 Å². The topological polar surface area (TPSA) is 78.5 Å². The highest BCUT2D eigenvalue weighted by atomic mass is 35.6. The Kier molecular flexibility index (Phi) is 4.40. The van der Waals surface area contributed by atoms with Crippen LogP contribution in [0.25, 0.3) is 0 Å². The summed E-state index contributed by atoms with van der Waals surface area (Å²) in [7, 11) is 0. The molecule has 2 rings (SSSR count). The van der Waals surface area contributed by atoms with E-state index < -0.39 is 14.2 Å². The van der Waals surface area contributed by atoms with E-state index in [1.807, 2.05) is 0 Å². The lowest BCUT2D eigenvalue weighted by atomic mass is 10.3. The second-order valence-corrected chi connectivity index (χ2v) is 7.31. The van der Waals surface area contributed by atoms with Gasteiger partial charge in [-0.25, -0.2) is 4.79 Å². The van der Waals surface area contributed by atoms with E-state index in [-0.39, 0.29) is 10.8 Å². The maximum absolute atomic E-state index is 12.0. The molecule has 0 fully saturated rings. The van der Waals surface area contributed by atoms with Crippen LogP contribution in [0.15, 0.2) is 12.4 Å². The van der Waals surface area contributed by atoms with Gasteiger partial charge in [-0.2, -0.15) is 4.68 Å². The van der Waals surface area contributed by atoms with Crippen LogP contribution >= 0.6 is 69.6 Å². The molecule has 108 valence electrons. The maximum Gasteiger partial charge on any atom is 0.373 e. The summed E-state index contributed by atoms with van der Waals surface area (Å²) in [6.45, 7) is 0. The first kappa shape index (κ1) is 16.1. The van der Waals surface area contributed by atoms with Gasteiger partial charge in [0, 0.05) is 0 Å². The minimum absolute atomic E-state index is 0.282. The van der Waals surface area contributed by atoms with Crippen molar-refractivity contribution in [3.05, 3.63) is 23.2 Å². The van der Waals surface area contributed by atoms with Crippen LogP contribution in [-0.2, 0) is 4.33 Å². The molecule has 0 aliphatic rings. The van der Waals surface area contributed by atoms with Gasteiger partial charge >= 0.3 is 6.03 Å². The van der Waals surface area contributed by atoms with E-state index in [1.54, 1.807) is 0 Å². The molecule has 20 heavy (non-hydrogen) atoms. The van der Waals surface area contributed by atoms with Gasteiger partial charge in [0.15, 0.2) is 5.15 Å². The van der Waals surface area contributed by atoms with Crippen LogP contribution in [0.5, 0.6) is 0 Å². The summed E-state index contributed by atoms with van der Waals surface area (Å²) in [6, 6.07) is -0.764. The summed E-state index contributed by atoms with van der Waals surface area (Å²) >= 11 is 34.7. The molecular weight excluding hydrogens is 397 g/mol. The van der Waals surface area contributed by atoms with Gasteiger partial charge in [-0.3, -0.25) is 0 Å². The average molecular weight is 399 g/mol. The SMILES string of the molecule is O=C(n1ccnn1)n1nnc(C(Cl)(Cl)C(Cl)(Cl)Cl)c1Cl. The van der Waals surface area contributed by atoms with Gasteiger partial charge in [-0.15, -0.1) is 14.9 Å². The van der Waals surface area contributed by atoms with Gasteiger partial charge in [0.1, 0.15) is 5.69 Å². The van der Waals surface area contributed by atoms with Gasteiger partial charge in [-0.1, -0.05) is 80.0 Å². The highest BCUT2D eigenvalue weighted by molar-refractivity contribution is 6.75. The fraction of sp³-hybridized carbons (Fsp3) is 0.286. The van der Waals surface area contributed by atoms with Crippen molar-refractivity contribution in [1.29, 1.82) is 0 Å². The lowest BCUT2D eigenvalue weighted by Gasteiger charge is -2.25. The first-order valence-electron chi connectivity index (χ1n) is 4.63. The molecule has 0 saturated heterocycles. The highest BCUT2D eigenvalue weighted by Gasteiger charge is 2.51. The highest BCUT2D eigenvalue weighted by Crippen LogP contribution is 2.53. The molecule has 2 aromatic heterocycles. The molecule has 13 heteroatoms. The van der Waals surface area contributed by atoms with Crippen molar-refractivity contribution in [2.24, 2.45) is 0 Å². The molecule has 7 nitrogen and oxygen atoms in total. The second kappa shape index (κ2) is 5.47. The normalized spacial score (nSPS) is 12.7. The van der Waals surface area contributed by atoms with Crippen LogP contribution < -0.4 is 0 Å². The number of aromatic nitrogens is 6. The van der Waals surface area contributed by atoms with Crippen molar-refractivity contribution in [2.75, 3.05) is 0 Å². The molecule has 0 radical (unpaired) electrons. The van der Waals surface area contributed by atoms with E-state index in [9.17, 15) is 4.79 Å². The molecule has 2 aromatic rings. The van der Waals surface area contributed by atoms with E-state index in [4.69, 9.17) is 69.6 Å². The zero-order valence-corrected chi connectivity index (χ0v) is 13.5. The lowest BCUT2D eigenvalue weighted by molar-refractivity contribution is 0.237. The maximum atomic E-state index is 12.0. The number of alkyl halides is 5. The Hall–Kier alpha value is -0.310. The third-order valence-corrected chi connectivity index (χ3v) is 4.76. The van der Waals surface area contributed by atoms with Crippen LogP contribution in [0, 0.1) is 0 Å². The van der Waals surface area contributed by atoms with Crippen LogP contribution in [0.2, 0.25) is 5.15 Å². The van der Waals surface area contributed by atoms with E-state index in [2.05, 4.69) is 20.6 Å². The Morgan fingerprint density at radius 1 is 1.15 bits per heavy atom. The molecule has 0 atom stereocenters. The molecule has 0 aliphatic carbocycles. The molecule has 0 N–H and O–H groups in total. The smallest absolute Gasteiger partial charge is 0.243 e. The molecule has 0 saturated carbocycles. The Balaban J connectivity index is 2.45. The molecule has 0 aliphatic heterocycles. The zero-order valence-electron chi connectivity index (χ0n) is 9.01. The number of halogens is 6. The Morgan fingerprint density at radius 3 is 2.30 bits per heavy atom. The number of hydrogen-bond donors (Lipinski definition) is 0. The number of nitrogens with zero attached hydrogens (tertiary/aromatic N) is 6. The molecule has 0 amide bonds. The number of carbonyl (C=O) groups is 1. The van der Waals surface area contributed by atoms with Crippen LogP contribution in [0.3, 0.4) is 0 Å². The van der Waals surface area contributed by atoms with Crippen molar-refractivity contribution >= 4 is 75.6 Å². The number of rotatable bonds is 1. The summed E-state index contributed by atoms with van der Waals surface area (Å²) in [5, 5.41) is 13.7. The summed E-state index contributed by atoms with van der Waals surface area (Å²) in [5.41, 5.74) is -0.282. The molecule has 0 unspecified atom stereocenters. The van der Waals surface area contributed by atoms with Crippen molar-refractivity contribution in [2.45, 2.75) is 8.13 Å².